The van der Waals surface area contributed by atoms with Crippen LogP contribution in [0.25, 0.3) is 0 Å². The second-order valence-electron chi connectivity index (χ2n) is 6.65. The highest BCUT2D eigenvalue weighted by atomic mass is 32.2. The topological polar surface area (TPSA) is 76.6 Å². The predicted molar refractivity (Wildman–Crippen MR) is 111 cm³/mol. The van der Waals surface area contributed by atoms with Gasteiger partial charge in [-0.25, -0.2) is 4.79 Å². The smallest absolute Gasteiger partial charge is 0.333 e. The third-order valence-electron chi connectivity index (χ3n) is 4.86. The summed E-state index contributed by atoms with van der Waals surface area (Å²) >= 11 is 1.68. The Balaban J connectivity index is 1.95. The van der Waals surface area contributed by atoms with Crippen LogP contribution in [-0.4, -0.2) is 20.0 Å². The van der Waals surface area contributed by atoms with E-state index in [-0.39, 0.29) is 16.7 Å². The number of aliphatic imine (C=N–C) groups is 1. The van der Waals surface area contributed by atoms with Crippen molar-refractivity contribution in [2.24, 2.45) is 19.1 Å². The molecule has 3 aromatic rings. The van der Waals surface area contributed by atoms with Crippen molar-refractivity contribution in [1.82, 2.24) is 9.13 Å². The van der Waals surface area contributed by atoms with E-state index in [0.29, 0.717) is 12.1 Å². The molecular weight excluding hydrogens is 374 g/mol. The van der Waals surface area contributed by atoms with Gasteiger partial charge in [0.05, 0.1) is 11.4 Å². The lowest BCUT2D eigenvalue weighted by Crippen LogP contribution is -2.40. The van der Waals surface area contributed by atoms with Gasteiger partial charge in [-0.15, -0.1) is 11.8 Å². The van der Waals surface area contributed by atoms with Crippen molar-refractivity contribution < 1.29 is 5.11 Å². The molecule has 2 aromatic carbocycles. The van der Waals surface area contributed by atoms with Crippen LogP contribution in [0.1, 0.15) is 22.8 Å². The van der Waals surface area contributed by atoms with Crippen molar-refractivity contribution in [3.8, 4) is 5.88 Å². The zero-order valence-corrected chi connectivity index (χ0v) is 16.3. The van der Waals surface area contributed by atoms with E-state index in [4.69, 9.17) is 4.99 Å². The molecular formula is C21H19N3O3S. The van der Waals surface area contributed by atoms with E-state index in [0.717, 1.165) is 25.3 Å². The van der Waals surface area contributed by atoms with E-state index in [1.54, 1.807) is 11.8 Å². The lowest BCUT2D eigenvalue weighted by atomic mass is 10.0. The Morgan fingerprint density at radius 1 is 1.00 bits per heavy atom. The molecule has 0 spiro atoms. The van der Waals surface area contributed by atoms with Gasteiger partial charge >= 0.3 is 5.69 Å². The second-order valence-corrected chi connectivity index (χ2v) is 7.90. The minimum atomic E-state index is -0.574. The van der Waals surface area contributed by atoms with E-state index in [1.807, 2.05) is 54.6 Å². The Morgan fingerprint density at radius 2 is 1.68 bits per heavy atom. The Bertz CT molecular complexity index is 1200. The average Bonchev–Trinajstić information content (AvgIpc) is 2.91. The molecule has 0 bridgehead atoms. The van der Waals surface area contributed by atoms with Crippen LogP contribution in [0, 0.1) is 0 Å². The summed E-state index contributed by atoms with van der Waals surface area (Å²) in [5.41, 5.74) is 1.28. The summed E-state index contributed by atoms with van der Waals surface area (Å²) in [6.07, 6.45) is 0.449. The first kappa shape index (κ1) is 18.3. The van der Waals surface area contributed by atoms with Crippen molar-refractivity contribution >= 4 is 23.2 Å². The van der Waals surface area contributed by atoms with Crippen LogP contribution in [-0.2, 0) is 14.1 Å². The van der Waals surface area contributed by atoms with Gasteiger partial charge in [0.15, 0.2) is 0 Å². The van der Waals surface area contributed by atoms with Crippen LogP contribution in [0.3, 0.4) is 0 Å². The number of benzene rings is 2. The largest absolute Gasteiger partial charge is 0.494 e. The molecule has 28 heavy (non-hydrogen) atoms. The molecule has 1 aliphatic rings. The molecule has 1 aromatic heterocycles. The molecule has 1 aliphatic heterocycles. The summed E-state index contributed by atoms with van der Waals surface area (Å²) in [5, 5.41) is 10.6. The SMILES string of the molecule is Cn1c(O)c(C2=Nc3ccccc3S[C@H](c3ccccc3)C2)c(=O)n(C)c1=O. The van der Waals surface area contributed by atoms with Gasteiger partial charge < -0.3 is 5.11 Å². The number of nitrogens with zero attached hydrogens (tertiary/aromatic N) is 3. The normalized spacial score (nSPS) is 16.2. The number of para-hydroxylation sites is 1. The number of fused-ring (bicyclic) bond motifs is 1. The van der Waals surface area contributed by atoms with Gasteiger partial charge in [0, 0.05) is 30.7 Å². The summed E-state index contributed by atoms with van der Waals surface area (Å²) in [7, 11) is 2.84. The van der Waals surface area contributed by atoms with Crippen LogP contribution >= 0.6 is 11.8 Å². The molecule has 4 rings (SSSR count). The number of hydrogen-bond acceptors (Lipinski definition) is 5. The average molecular weight is 393 g/mol. The van der Waals surface area contributed by atoms with Crippen LogP contribution in [0.4, 0.5) is 5.69 Å². The highest BCUT2D eigenvalue weighted by molar-refractivity contribution is 7.99. The first-order chi connectivity index (χ1) is 13.5. The number of rotatable bonds is 2. The fraction of sp³-hybridized carbons (Fsp3) is 0.190. The maximum atomic E-state index is 12.8. The van der Waals surface area contributed by atoms with Crippen molar-refractivity contribution in [1.29, 1.82) is 0 Å². The van der Waals surface area contributed by atoms with Crippen molar-refractivity contribution in [2.75, 3.05) is 0 Å². The molecule has 142 valence electrons. The highest BCUT2D eigenvalue weighted by Crippen LogP contribution is 2.45. The first-order valence-electron chi connectivity index (χ1n) is 8.85. The zero-order valence-electron chi connectivity index (χ0n) is 15.5. The minimum absolute atomic E-state index is 0.0185. The van der Waals surface area contributed by atoms with Crippen LogP contribution in [0.2, 0.25) is 0 Å². The highest BCUT2D eigenvalue weighted by Gasteiger charge is 2.27. The molecule has 7 heteroatoms. The maximum Gasteiger partial charge on any atom is 0.333 e. The molecule has 0 fully saturated rings. The number of thioether (sulfide) groups is 1. The van der Waals surface area contributed by atoms with E-state index < -0.39 is 11.2 Å². The predicted octanol–water partition coefficient (Wildman–Crippen LogP) is 3.15. The van der Waals surface area contributed by atoms with Gasteiger partial charge in [0.25, 0.3) is 5.56 Å². The number of aromatic hydroxyl groups is 1. The van der Waals surface area contributed by atoms with Crippen molar-refractivity contribution in [3.05, 3.63) is 86.6 Å². The fourth-order valence-corrected chi connectivity index (χ4v) is 4.54. The molecule has 2 heterocycles. The number of hydrogen-bond donors (Lipinski definition) is 1. The Kier molecular flexibility index (Phi) is 4.68. The Labute approximate surface area is 165 Å². The molecule has 0 aliphatic carbocycles. The summed E-state index contributed by atoms with van der Waals surface area (Å²) in [5.74, 6) is -0.358. The summed E-state index contributed by atoms with van der Waals surface area (Å²) in [6, 6.07) is 17.7. The molecule has 0 saturated heterocycles. The Hall–Kier alpha value is -3.06. The molecule has 1 atom stereocenters. The maximum absolute atomic E-state index is 12.8. The summed E-state index contributed by atoms with van der Waals surface area (Å²) in [4.78, 5) is 30.7. The summed E-state index contributed by atoms with van der Waals surface area (Å²) < 4.78 is 2.07. The van der Waals surface area contributed by atoms with E-state index in [1.165, 1.54) is 14.1 Å². The molecule has 0 saturated carbocycles. The van der Waals surface area contributed by atoms with Crippen LogP contribution < -0.4 is 11.2 Å². The van der Waals surface area contributed by atoms with Gasteiger partial charge in [0.2, 0.25) is 5.88 Å². The lowest BCUT2D eigenvalue weighted by Gasteiger charge is -2.17. The third-order valence-corrected chi connectivity index (χ3v) is 6.18. The Morgan fingerprint density at radius 3 is 2.43 bits per heavy atom. The van der Waals surface area contributed by atoms with E-state index in [2.05, 4.69) is 0 Å². The van der Waals surface area contributed by atoms with Gasteiger partial charge in [-0.05, 0) is 17.7 Å². The monoisotopic (exact) mass is 393 g/mol. The van der Waals surface area contributed by atoms with Crippen LogP contribution in [0.5, 0.6) is 5.88 Å². The fourth-order valence-electron chi connectivity index (χ4n) is 3.31. The van der Waals surface area contributed by atoms with Crippen molar-refractivity contribution in [3.63, 3.8) is 0 Å². The zero-order chi connectivity index (χ0) is 19.8. The van der Waals surface area contributed by atoms with Gasteiger partial charge in [-0.3, -0.25) is 18.9 Å². The molecule has 6 nitrogen and oxygen atoms in total. The quantitative estimate of drug-likeness (QED) is 0.726. The minimum Gasteiger partial charge on any atom is -0.494 e. The molecule has 0 radical (unpaired) electrons. The lowest BCUT2D eigenvalue weighted by molar-refractivity contribution is 0.410. The van der Waals surface area contributed by atoms with E-state index >= 15 is 0 Å². The molecule has 0 unspecified atom stereocenters. The van der Waals surface area contributed by atoms with Crippen molar-refractivity contribution in [2.45, 2.75) is 16.6 Å². The van der Waals surface area contributed by atoms with Gasteiger partial charge in [-0.1, -0.05) is 42.5 Å². The van der Waals surface area contributed by atoms with E-state index in [9.17, 15) is 14.7 Å². The standard InChI is InChI=1S/C21H19N3O3S/c1-23-19(25)18(20(26)24(2)21(23)27)15-12-17(13-8-4-3-5-9-13)28-16-11-7-6-10-14(16)22-15/h3-11,17,25H,12H2,1-2H3/t17-/m0/s1. The van der Waals surface area contributed by atoms with Crippen LogP contribution in [0.15, 0.2) is 74.1 Å². The number of aromatic nitrogens is 2. The van der Waals surface area contributed by atoms with Gasteiger partial charge in [-0.2, -0.15) is 0 Å². The van der Waals surface area contributed by atoms with Gasteiger partial charge in [0.1, 0.15) is 5.56 Å². The molecule has 0 amide bonds. The second kappa shape index (κ2) is 7.16. The first-order valence-corrected chi connectivity index (χ1v) is 9.73. The summed E-state index contributed by atoms with van der Waals surface area (Å²) in [6.45, 7) is 0. The molecule has 1 N–H and O–H groups in total. The third kappa shape index (κ3) is 3.07.